The Balaban J connectivity index is 1.66. The molecule has 1 heterocycles. The van der Waals surface area contributed by atoms with E-state index in [1.54, 1.807) is 25.1 Å². The second-order valence-corrected chi connectivity index (χ2v) is 6.21. The van der Waals surface area contributed by atoms with Crippen molar-refractivity contribution in [2.24, 2.45) is 0 Å². The Bertz CT molecular complexity index is 958. The zero-order valence-electron chi connectivity index (χ0n) is 15.8. The fourth-order valence-electron chi connectivity index (χ4n) is 2.75. The minimum Gasteiger partial charge on any atom is -0.450 e. The molecule has 0 saturated heterocycles. The van der Waals surface area contributed by atoms with E-state index >= 15 is 0 Å². The van der Waals surface area contributed by atoms with E-state index in [-0.39, 0.29) is 30.6 Å². The maximum absolute atomic E-state index is 13.1. The molecule has 3 N–H and O–H groups in total. The molecule has 0 aliphatic rings. The van der Waals surface area contributed by atoms with Crippen LogP contribution in [0.15, 0.2) is 60.7 Å². The minimum absolute atomic E-state index is 0.159. The van der Waals surface area contributed by atoms with Crippen LogP contribution in [0.3, 0.4) is 0 Å². The summed E-state index contributed by atoms with van der Waals surface area (Å²) in [6, 6.07) is 16.2. The Labute approximate surface area is 167 Å². The standard InChI is InChI=1S/C21H21FN4O3/c1-2-29-21(28)24-19(14-6-4-3-5-7-14)13-23-20(27)18-12-17(25-26-18)15-8-10-16(22)11-9-15/h3-12,19H,2,13H2,1H3,(H,23,27)(H,24,28)(H,25,26). The molecule has 29 heavy (non-hydrogen) atoms. The van der Waals surface area contributed by atoms with Crippen LogP contribution >= 0.6 is 0 Å². The van der Waals surface area contributed by atoms with Gasteiger partial charge in [-0.25, -0.2) is 9.18 Å². The first-order valence-corrected chi connectivity index (χ1v) is 9.14. The van der Waals surface area contributed by atoms with Gasteiger partial charge in [-0.05, 0) is 42.8 Å². The van der Waals surface area contributed by atoms with Crippen LogP contribution in [-0.4, -0.2) is 35.3 Å². The number of amides is 2. The van der Waals surface area contributed by atoms with Crippen molar-refractivity contribution in [1.82, 2.24) is 20.8 Å². The number of hydrogen-bond acceptors (Lipinski definition) is 4. The van der Waals surface area contributed by atoms with E-state index in [4.69, 9.17) is 4.74 Å². The molecule has 3 rings (SSSR count). The molecule has 3 aromatic rings. The highest BCUT2D eigenvalue weighted by Crippen LogP contribution is 2.18. The van der Waals surface area contributed by atoms with E-state index in [9.17, 15) is 14.0 Å². The average molecular weight is 396 g/mol. The van der Waals surface area contributed by atoms with Crippen LogP contribution in [0.5, 0.6) is 0 Å². The molecule has 0 saturated carbocycles. The van der Waals surface area contributed by atoms with Crippen LogP contribution in [0.25, 0.3) is 11.3 Å². The number of nitrogens with one attached hydrogen (secondary N) is 3. The zero-order chi connectivity index (χ0) is 20.6. The van der Waals surface area contributed by atoms with Crippen molar-refractivity contribution in [2.45, 2.75) is 13.0 Å². The Hall–Kier alpha value is -3.68. The number of alkyl carbamates (subject to hydrolysis) is 1. The summed E-state index contributed by atoms with van der Waals surface area (Å²) in [7, 11) is 0. The van der Waals surface area contributed by atoms with Crippen LogP contribution in [0.4, 0.5) is 9.18 Å². The Morgan fingerprint density at radius 3 is 2.55 bits per heavy atom. The number of H-pyrrole nitrogens is 1. The molecule has 2 aromatic carbocycles. The molecule has 0 radical (unpaired) electrons. The largest absolute Gasteiger partial charge is 0.450 e. The van der Waals surface area contributed by atoms with E-state index in [0.29, 0.717) is 11.3 Å². The lowest BCUT2D eigenvalue weighted by Gasteiger charge is -2.19. The highest BCUT2D eigenvalue weighted by Gasteiger charge is 2.18. The molecule has 7 nitrogen and oxygen atoms in total. The Morgan fingerprint density at radius 2 is 1.86 bits per heavy atom. The van der Waals surface area contributed by atoms with Crippen LogP contribution in [-0.2, 0) is 4.74 Å². The number of rotatable bonds is 7. The molecule has 0 aliphatic carbocycles. The van der Waals surface area contributed by atoms with Gasteiger partial charge in [-0.15, -0.1) is 0 Å². The zero-order valence-corrected chi connectivity index (χ0v) is 15.8. The van der Waals surface area contributed by atoms with Gasteiger partial charge in [0.05, 0.1) is 18.3 Å². The molecular formula is C21H21FN4O3. The Kier molecular flexibility index (Phi) is 6.57. The van der Waals surface area contributed by atoms with E-state index < -0.39 is 12.1 Å². The van der Waals surface area contributed by atoms with Crippen LogP contribution in [0.2, 0.25) is 0 Å². The van der Waals surface area contributed by atoms with E-state index in [2.05, 4.69) is 20.8 Å². The van der Waals surface area contributed by atoms with Crippen molar-refractivity contribution in [2.75, 3.05) is 13.2 Å². The number of aromatic nitrogens is 2. The van der Waals surface area contributed by atoms with E-state index in [1.165, 1.54) is 12.1 Å². The maximum Gasteiger partial charge on any atom is 0.407 e. The highest BCUT2D eigenvalue weighted by atomic mass is 19.1. The third-order valence-corrected chi connectivity index (χ3v) is 4.20. The summed E-state index contributed by atoms with van der Waals surface area (Å²) in [5.41, 5.74) is 2.30. The minimum atomic E-state index is -0.560. The number of carbonyl (C=O) groups excluding carboxylic acids is 2. The van der Waals surface area contributed by atoms with Crippen molar-refractivity contribution in [1.29, 1.82) is 0 Å². The number of halogens is 1. The monoisotopic (exact) mass is 396 g/mol. The summed E-state index contributed by atoms with van der Waals surface area (Å²) in [4.78, 5) is 24.3. The number of hydrogen-bond donors (Lipinski definition) is 3. The van der Waals surface area contributed by atoms with Crippen molar-refractivity contribution >= 4 is 12.0 Å². The fourth-order valence-corrected chi connectivity index (χ4v) is 2.75. The summed E-state index contributed by atoms with van der Waals surface area (Å²) >= 11 is 0. The first kappa shape index (κ1) is 20.1. The van der Waals surface area contributed by atoms with E-state index in [1.807, 2.05) is 30.3 Å². The van der Waals surface area contributed by atoms with Gasteiger partial charge in [-0.3, -0.25) is 9.89 Å². The summed E-state index contributed by atoms with van der Waals surface area (Å²) in [5, 5.41) is 12.3. The number of nitrogens with zero attached hydrogens (tertiary/aromatic N) is 1. The third-order valence-electron chi connectivity index (χ3n) is 4.20. The van der Waals surface area contributed by atoms with Gasteiger partial charge in [0.25, 0.3) is 5.91 Å². The molecular weight excluding hydrogens is 375 g/mol. The number of aromatic amines is 1. The van der Waals surface area contributed by atoms with Crippen molar-refractivity contribution in [3.63, 3.8) is 0 Å². The smallest absolute Gasteiger partial charge is 0.407 e. The molecule has 150 valence electrons. The summed E-state index contributed by atoms with van der Waals surface area (Å²) in [6.45, 7) is 2.13. The quantitative estimate of drug-likeness (QED) is 0.570. The molecule has 0 fully saturated rings. The van der Waals surface area contributed by atoms with Gasteiger partial charge in [0.15, 0.2) is 0 Å². The van der Waals surface area contributed by atoms with Gasteiger partial charge in [-0.1, -0.05) is 30.3 Å². The molecule has 0 bridgehead atoms. The summed E-state index contributed by atoms with van der Waals surface area (Å²) in [6.07, 6.45) is -0.560. The first-order valence-electron chi connectivity index (χ1n) is 9.14. The predicted molar refractivity (Wildman–Crippen MR) is 106 cm³/mol. The molecule has 0 aliphatic heterocycles. The van der Waals surface area contributed by atoms with Gasteiger partial charge in [0.1, 0.15) is 11.5 Å². The van der Waals surface area contributed by atoms with Gasteiger partial charge >= 0.3 is 6.09 Å². The van der Waals surface area contributed by atoms with Crippen LogP contribution in [0, 0.1) is 5.82 Å². The SMILES string of the molecule is CCOC(=O)NC(CNC(=O)c1cc(-c2ccc(F)cc2)n[nH]1)c1ccccc1. The van der Waals surface area contributed by atoms with Crippen molar-refractivity contribution in [3.05, 3.63) is 77.7 Å². The maximum atomic E-state index is 13.1. The van der Waals surface area contributed by atoms with E-state index in [0.717, 1.165) is 5.56 Å². The molecule has 1 aromatic heterocycles. The molecule has 0 spiro atoms. The number of ether oxygens (including phenoxy) is 1. The van der Waals surface area contributed by atoms with Gasteiger partial charge < -0.3 is 15.4 Å². The Morgan fingerprint density at radius 1 is 1.14 bits per heavy atom. The fraction of sp³-hybridized carbons (Fsp3) is 0.190. The second-order valence-electron chi connectivity index (χ2n) is 6.21. The molecule has 8 heteroatoms. The first-order chi connectivity index (χ1) is 14.1. The highest BCUT2D eigenvalue weighted by molar-refractivity contribution is 5.93. The van der Waals surface area contributed by atoms with Gasteiger partial charge in [0.2, 0.25) is 0 Å². The second kappa shape index (κ2) is 9.50. The van der Waals surface area contributed by atoms with Gasteiger partial charge in [-0.2, -0.15) is 5.10 Å². The summed E-state index contributed by atoms with van der Waals surface area (Å²) < 4.78 is 18.0. The lowest BCUT2D eigenvalue weighted by molar-refractivity contribution is 0.0941. The topological polar surface area (TPSA) is 96.1 Å². The van der Waals surface area contributed by atoms with Crippen LogP contribution < -0.4 is 10.6 Å². The molecule has 1 atom stereocenters. The molecule has 1 unspecified atom stereocenters. The average Bonchev–Trinajstić information content (AvgIpc) is 3.22. The normalized spacial score (nSPS) is 11.5. The lowest BCUT2D eigenvalue weighted by atomic mass is 10.1. The third kappa shape index (κ3) is 5.41. The predicted octanol–water partition coefficient (Wildman–Crippen LogP) is 3.43. The van der Waals surface area contributed by atoms with Crippen molar-refractivity contribution < 1.29 is 18.7 Å². The lowest BCUT2D eigenvalue weighted by Crippen LogP contribution is -2.38. The molecule has 2 amide bonds. The van der Waals surface area contributed by atoms with Gasteiger partial charge in [0, 0.05) is 12.1 Å². The van der Waals surface area contributed by atoms with Crippen LogP contribution in [0.1, 0.15) is 29.0 Å². The number of benzene rings is 2. The number of carbonyl (C=O) groups is 2. The summed E-state index contributed by atoms with van der Waals surface area (Å²) in [5.74, 6) is -0.722. The van der Waals surface area contributed by atoms with Crippen molar-refractivity contribution in [3.8, 4) is 11.3 Å².